The summed E-state index contributed by atoms with van der Waals surface area (Å²) in [5.41, 5.74) is 1.82. The third-order valence-electron chi connectivity index (χ3n) is 4.14. The first-order valence-electron chi connectivity index (χ1n) is 7.95. The van der Waals surface area contributed by atoms with Gasteiger partial charge in [-0.2, -0.15) is 0 Å². The van der Waals surface area contributed by atoms with Crippen LogP contribution >= 0.6 is 0 Å². The number of benzene rings is 1. The first-order valence-corrected chi connectivity index (χ1v) is 7.95. The second-order valence-corrected chi connectivity index (χ2v) is 7.20. The molecule has 0 radical (unpaired) electrons. The van der Waals surface area contributed by atoms with Crippen LogP contribution in [0.2, 0.25) is 0 Å². The van der Waals surface area contributed by atoms with Crippen LogP contribution in [-0.2, 0) is 10.2 Å². The van der Waals surface area contributed by atoms with E-state index in [1.54, 1.807) is 12.1 Å². The monoisotopic (exact) mass is 302 g/mol. The minimum Gasteiger partial charge on any atom is -0.352 e. The summed E-state index contributed by atoms with van der Waals surface area (Å²) in [5.74, 6) is 0.276. The third kappa shape index (κ3) is 4.58. The van der Waals surface area contributed by atoms with E-state index in [0.29, 0.717) is 11.5 Å². The molecule has 1 unspecified atom stereocenters. The van der Waals surface area contributed by atoms with Crippen molar-refractivity contribution in [1.29, 1.82) is 0 Å². The Morgan fingerprint density at radius 3 is 2.27 bits per heavy atom. The Balaban J connectivity index is 1.82. The number of nitrogens with one attached hydrogen (secondary N) is 2. The molecule has 0 spiro atoms. The fourth-order valence-corrected chi connectivity index (χ4v) is 2.40. The first-order chi connectivity index (χ1) is 10.3. The van der Waals surface area contributed by atoms with Crippen molar-refractivity contribution in [3.05, 3.63) is 35.4 Å². The highest BCUT2D eigenvalue weighted by Gasteiger charge is 2.28. The molecule has 0 aliphatic heterocycles. The number of hydrogen-bond acceptors (Lipinski definition) is 2. The number of carbonyl (C=O) groups is 2. The van der Waals surface area contributed by atoms with Crippen molar-refractivity contribution in [2.24, 2.45) is 5.92 Å². The zero-order valence-corrected chi connectivity index (χ0v) is 13.9. The number of hydrogen-bond donors (Lipinski definition) is 2. The topological polar surface area (TPSA) is 58.2 Å². The van der Waals surface area contributed by atoms with Gasteiger partial charge < -0.3 is 10.6 Å². The molecule has 1 atom stereocenters. The molecule has 2 rings (SSSR count). The van der Waals surface area contributed by atoms with Gasteiger partial charge in [0.2, 0.25) is 5.91 Å². The lowest BCUT2D eigenvalue weighted by Crippen LogP contribution is -2.41. The molecule has 0 heterocycles. The zero-order chi connectivity index (χ0) is 16.3. The van der Waals surface area contributed by atoms with Crippen molar-refractivity contribution in [3.63, 3.8) is 0 Å². The molecule has 4 heteroatoms. The Morgan fingerprint density at radius 2 is 1.77 bits per heavy atom. The van der Waals surface area contributed by atoms with Gasteiger partial charge in [0.1, 0.15) is 0 Å². The summed E-state index contributed by atoms with van der Waals surface area (Å²) < 4.78 is 0. The summed E-state index contributed by atoms with van der Waals surface area (Å²) in [4.78, 5) is 23.8. The first kappa shape index (κ1) is 16.5. The van der Waals surface area contributed by atoms with Gasteiger partial charge in [0.15, 0.2) is 0 Å². The second kappa shape index (κ2) is 6.51. The van der Waals surface area contributed by atoms with Crippen molar-refractivity contribution in [2.75, 3.05) is 6.54 Å². The fourth-order valence-electron chi connectivity index (χ4n) is 2.40. The summed E-state index contributed by atoms with van der Waals surface area (Å²) in [6.07, 6.45) is 2.38. The van der Waals surface area contributed by atoms with E-state index in [4.69, 9.17) is 0 Å². The molecule has 1 aliphatic rings. The summed E-state index contributed by atoms with van der Waals surface area (Å²) in [6.45, 7) is 8.44. The number of carbonyl (C=O) groups excluding carboxylic acids is 2. The minimum atomic E-state index is -0.213. The molecule has 0 bridgehead atoms. The molecule has 0 saturated heterocycles. The van der Waals surface area contributed by atoms with Crippen molar-refractivity contribution in [2.45, 2.75) is 52.0 Å². The molecule has 1 saturated carbocycles. The van der Waals surface area contributed by atoms with Gasteiger partial charge in [0.25, 0.3) is 5.91 Å². The molecule has 0 aromatic heterocycles. The molecule has 120 valence electrons. The highest BCUT2D eigenvalue weighted by atomic mass is 16.2. The number of rotatable bonds is 5. The molecule has 1 aliphatic carbocycles. The Bertz CT molecular complexity index is 539. The van der Waals surface area contributed by atoms with Crippen molar-refractivity contribution < 1.29 is 9.59 Å². The van der Waals surface area contributed by atoms with Crippen LogP contribution in [-0.4, -0.2) is 24.4 Å². The maximum atomic E-state index is 12.1. The van der Waals surface area contributed by atoms with E-state index >= 15 is 0 Å². The van der Waals surface area contributed by atoms with E-state index in [9.17, 15) is 9.59 Å². The zero-order valence-electron chi connectivity index (χ0n) is 13.9. The lowest BCUT2D eigenvalue weighted by atomic mass is 9.87. The molecule has 1 fully saturated rings. The molecule has 22 heavy (non-hydrogen) atoms. The van der Waals surface area contributed by atoms with Gasteiger partial charge >= 0.3 is 0 Å². The van der Waals surface area contributed by atoms with Gasteiger partial charge in [0.05, 0.1) is 6.54 Å². The summed E-state index contributed by atoms with van der Waals surface area (Å²) in [6, 6.07) is 7.74. The average molecular weight is 302 g/mol. The largest absolute Gasteiger partial charge is 0.352 e. The van der Waals surface area contributed by atoms with Crippen LogP contribution in [0.5, 0.6) is 0 Å². The van der Waals surface area contributed by atoms with Gasteiger partial charge in [0, 0.05) is 11.6 Å². The van der Waals surface area contributed by atoms with Crippen LogP contribution in [0.3, 0.4) is 0 Å². The van der Waals surface area contributed by atoms with Crippen LogP contribution in [0.15, 0.2) is 24.3 Å². The Kier molecular flexibility index (Phi) is 4.89. The smallest absolute Gasteiger partial charge is 0.251 e. The van der Waals surface area contributed by atoms with Gasteiger partial charge in [-0.1, -0.05) is 32.9 Å². The lowest BCUT2D eigenvalue weighted by molar-refractivity contribution is -0.120. The van der Waals surface area contributed by atoms with E-state index in [0.717, 1.165) is 0 Å². The van der Waals surface area contributed by atoms with Gasteiger partial charge in [-0.25, -0.2) is 0 Å². The predicted molar refractivity (Wildman–Crippen MR) is 87.8 cm³/mol. The van der Waals surface area contributed by atoms with Gasteiger partial charge in [-0.15, -0.1) is 0 Å². The van der Waals surface area contributed by atoms with Crippen molar-refractivity contribution in [1.82, 2.24) is 10.6 Å². The molecular weight excluding hydrogens is 276 g/mol. The van der Waals surface area contributed by atoms with Crippen LogP contribution in [0, 0.1) is 5.92 Å². The fraction of sp³-hybridized carbons (Fsp3) is 0.556. The second-order valence-electron chi connectivity index (χ2n) is 7.20. The van der Waals surface area contributed by atoms with Crippen LogP contribution in [0.25, 0.3) is 0 Å². The average Bonchev–Trinajstić information content (AvgIpc) is 3.28. The molecule has 1 aromatic rings. The van der Waals surface area contributed by atoms with Gasteiger partial charge in [-0.05, 0) is 48.8 Å². The highest BCUT2D eigenvalue weighted by molar-refractivity contribution is 5.96. The Hall–Kier alpha value is -1.84. The summed E-state index contributed by atoms with van der Waals surface area (Å²) in [7, 11) is 0. The SMILES string of the molecule is CC(NC(=O)CNC(=O)c1ccc(C(C)(C)C)cc1)C1CC1. The maximum Gasteiger partial charge on any atom is 0.251 e. The molecule has 2 N–H and O–H groups in total. The highest BCUT2D eigenvalue weighted by Crippen LogP contribution is 2.32. The van der Waals surface area contributed by atoms with Crippen molar-refractivity contribution >= 4 is 11.8 Å². The minimum absolute atomic E-state index is 0.0247. The van der Waals surface area contributed by atoms with Crippen LogP contribution < -0.4 is 10.6 Å². The van der Waals surface area contributed by atoms with Crippen LogP contribution in [0.1, 0.15) is 56.5 Å². The lowest BCUT2D eigenvalue weighted by Gasteiger charge is -2.19. The normalized spacial score (nSPS) is 16.0. The molecule has 4 nitrogen and oxygen atoms in total. The standard InChI is InChI=1S/C18H26N2O2/c1-12(13-5-6-13)20-16(21)11-19-17(22)14-7-9-15(10-8-14)18(2,3)4/h7-10,12-13H,5-6,11H2,1-4H3,(H,19,22)(H,20,21). The van der Waals surface area contributed by atoms with Crippen LogP contribution in [0.4, 0.5) is 0 Å². The van der Waals surface area contributed by atoms with Crippen molar-refractivity contribution in [3.8, 4) is 0 Å². The molecule has 2 amide bonds. The molecule has 1 aromatic carbocycles. The Morgan fingerprint density at radius 1 is 1.18 bits per heavy atom. The third-order valence-corrected chi connectivity index (χ3v) is 4.14. The van der Waals surface area contributed by atoms with E-state index in [2.05, 4.69) is 31.4 Å². The quantitative estimate of drug-likeness (QED) is 0.878. The van der Waals surface area contributed by atoms with E-state index in [-0.39, 0.29) is 29.8 Å². The van der Waals surface area contributed by atoms with E-state index in [1.807, 2.05) is 19.1 Å². The van der Waals surface area contributed by atoms with E-state index in [1.165, 1.54) is 18.4 Å². The predicted octanol–water partition coefficient (Wildman–Crippen LogP) is 2.63. The summed E-state index contributed by atoms with van der Waals surface area (Å²) in [5, 5.41) is 5.59. The summed E-state index contributed by atoms with van der Waals surface area (Å²) >= 11 is 0. The molecular formula is C18H26N2O2. The maximum absolute atomic E-state index is 12.1. The van der Waals surface area contributed by atoms with E-state index < -0.39 is 0 Å². The Labute approximate surface area is 132 Å². The number of amides is 2. The van der Waals surface area contributed by atoms with Gasteiger partial charge in [-0.3, -0.25) is 9.59 Å².